The van der Waals surface area contributed by atoms with Crippen LogP contribution in [0.15, 0.2) is 27.4 Å². The van der Waals surface area contributed by atoms with Crippen molar-refractivity contribution in [2.75, 3.05) is 20.3 Å². The Kier molecular flexibility index (Phi) is 3.38. The second kappa shape index (κ2) is 4.97. The van der Waals surface area contributed by atoms with Gasteiger partial charge in [-0.1, -0.05) is 0 Å². The van der Waals surface area contributed by atoms with Gasteiger partial charge in [0.15, 0.2) is 5.75 Å². The zero-order valence-electron chi connectivity index (χ0n) is 9.67. The molecule has 0 aliphatic carbocycles. The van der Waals surface area contributed by atoms with Crippen LogP contribution in [0.3, 0.4) is 0 Å². The van der Waals surface area contributed by atoms with Gasteiger partial charge < -0.3 is 24.1 Å². The number of ether oxygens (including phenoxy) is 2. The van der Waals surface area contributed by atoms with E-state index in [0.29, 0.717) is 11.1 Å². The van der Waals surface area contributed by atoms with Crippen LogP contribution in [0, 0.1) is 0 Å². The molecule has 1 aromatic carbocycles. The summed E-state index contributed by atoms with van der Waals surface area (Å²) in [5.41, 5.74) is -0.513. The lowest BCUT2D eigenvalue weighted by atomic mass is 10.2. The predicted octanol–water partition coefficient (Wildman–Crippen LogP) is 0.878. The molecule has 96 valence electrons. The van der Waals surface area contributed by atoms with Gasteiger partial charge in [0.25, 0.3) is 0 Å². The van der Waals surface area contributed by atoms with Gasteiger partial charge in [0.1, 0.15) is 17.9 Å². The summed E-state index contributed by atoms with van der Waals surface area (Å²) in [5, 5.41) is 18.9. The van der Waals surface area contributed by atoms with Crippen molar-refractivity contribution in [3.05, 3.63) is 28.6 Å². The van der Waals surface area contributed by atoms with Crippen LogP contribution in [0.4, 0.5) is 0 Å². The maximum atomic E-state index is 11.4. The van der Waals surface area contributed by atoms with E-state index in [2.05, 4.69) is 0 Å². The molecular formula is C12H12O6. The van der Waals surface area contributed by atoms with Crippen LogP contribution < -0.4 is 15.1 Å². The van der Waals surface area contributed by atoms with Gasteiger partial charge in [-0.05, 0) is 18.2 Å². The quantitative estimate of drug-likeness (QED) is 0.785. The van der Waals surface area contributed by atoms with Crippen LogP contribution in [-0.4, -0.2) is 30.5 Å². The summed E-state index contributed by atoms with van der Waals surface area (Å²) < 4.78 is 14.9. The summed E-state index contributed by atoms with van der Waals surface area (Å²) in [7, 11) is 1.27. The molecule has 6 heteroatoms. The molecule has 0 radical (unpaired) electrons. The molecule has 0 fully saturated rings. The van der Waals surface area contributed by atoms with Gasteiger partial charge in [-0.15, -0.1) is 0 Å². The Bertz CT molecular complexity index is 616. The number of fused-ring (bicyclic) bond motifs is 1. The monoisotopic (exact) mass is 252 g/mol. The zero-order valence-corrected chi connectivity index (χ0v) is 9.67. The van der Waals surface area contributed by atoms with Crippen LogP contribution in [-0.2, 0) is 0 Å². The van der Waals surface area contributed by atoms with Gasteiger partial charge >= 0.3 is 5.63 Å². The van der Waals surface area contributed by atoms with Crippen molar-refractivity contribution in [3.63, 3.8) is 0 Å². The highest BCUT2D eigenvalue weighted by Crippen LogP contribution is 2.33. The molecule has 0 bridgehead atoms. The Morgan fingerprint density at radius 1 is 1.39 bits per heavy atom. The molecule has 0 aliphatic rings. The minimum Gasteiger partial charge on any atom is -0.504 e. The summed E-state index contributed by atoms with van der Waals surface area (Å²) in [6.45, 7) is 0.0252. The minimum atomic E-state index is -0.744. The van der Waals surface area contributed by atoms with E-state index in [-0.39, 0.29) is 30.3 Å². The first-order valence-corrected chi connectivity index (χ1v) is 5.25. The molecule has 0 unspecified atom stereocenters. The Morgan fingerprint density at radius 3 is 2.83 bits per heavy atom. The van der Waals surface area contributed by atoms with Crippen molar-refractivity contribution in [1.82, 2.24) is 0 Å². The molecule has 0 amide bonds. The number of aliphatic hydroxyl groups is 1. The number of rotatable bonds is 4. The lowest BCUT2D eigenvalue weighted by Gasteiger charge is -2.07. The van der Waals surface area contributed by atoms with Crippen LogP contribution >= 0.6 is 0 Å². The highest BCUT2D eigenvalue weighted by molar-refractivity contribution is 5.86. The Balaban J connectivity index is 2.57. The number of hydrogen-bond donors (Lipinski definition) is 2. The standard InChI is InChI=1S/C12H12O6/c1-16-11-10(14)8-6-7(17-5-4-13)2-3-9(8)18-12(11)15/h2-3,6,13-14H,4-5H2,1H3. The fourth-order valence-corrected chi connectivity index (χ4v) is 1.58. The van der Waals surface area contributed by atoms with Gasteiger partial charge in [-0.25, -0.2) is 4.79 Å². The van der Waals surface area contributed by atoms with E-state index in [1.54, 1.807) is 6.07 Å². The van der Waals surface area contributed by atoms with Gasteiger partial charge in [0, 0.05) is 0 Å². The number of benzene rings is 1. The first-order valence-electron chi connectivity index (χ1n) is 5.25. The summed E-state index contributed by atoms with van der Waals surface area (Å²) in [5.74, 6) is -0.0947. The van der Waals surface area contributed by atoms with E-state index in [4.69, 9.17) is 19.0 Å². The number of aromatic hydroxyl groups is 1. The van der Waals surface area contributed by atoms with Crippen LogP contribution in [0.5, 0.6) is 17.2 Å². The van der Waals surface area contributed by atoms with E-state index in [0.717, 1.165) is 0 Å². The van der Waals surface area contributed by atoms with Crippen molar-refractivity contribution in [3.8, 4) is 17.2 Å². The second-order valence-electron chi connectivity index (χ2n) is 3.50. The van der Waals surface area contributed by atoms with Crippen molar-refractivity contribution in [1.29, 1.82) is 0 Å². The van der Waals surface area contributed by atoms with Crippen LogP contribution in [0.25, 0.3) is 11.0 Å². The van der Waals surface area contributed by atoms with Gasteiger partial charge in [0.05, 0.1) is 19.1 Å². The zero-order chi connectivity index (χ0) is 13.1. The molecule has 0 saturated heterocycles. The van der Waals surface area contributed by atoms with E-state index >= 15 is 0 Å². The largest absolute Gasteiger partial charge is 0.504 e. The van der Waals surface area contributed by atoms with Crippen molar-refractivity contribution in [2.24, 2.45) is 0 Å². The maximum absolute atomic E-state index is 11.4. The van der Waals surface area contributed by atoms with Crippen LogP contribution in [0.2, 0.25) is 0 Å². The lowest BCUT2D eigenvalue weighted by Crippen LogP contribution is -2.04. The topological polar surface area (TPSA) is 89.1 Å². The SMILES string of the molecule is COc1c(O)c2cc(OCCO)ccc2oc1=O. The van der Waals surface area contributed by atoms with Crippen molar-refractivity contribution >= 4 is 11.0 Å². The molecular weight excluding hydrogens is 240 g/mol. The highest BCUT2D eigenvalue weighted by Gasteiger charge is 2.14. The van der Waals surface area contributed by atoms with Crippen molar-refractivity contribution in [2.45, 2.75) is 0 Å². The molecule has 1 heterocycles. The molecule has 2 aromatic rings. The van der Waals surface area contributed by atoms with Gasteiger partial charge in [-0.3, -0.25) is 0 Å². The third-order valence-electron chi connectivity index (χ3n) is 2.37. The Hall–Kier alpha value is -2.21. The minimum absolute atomic E-state index is 0.114. The smallest absolute Gasteiger partial charge is 0.383 e. The summed E-state index contributed by atoms with van der Waals surface area (Å²) in [4.78, 5) is 11.4. The Labute approximate surface area is 102 Å². The van der Waals surface area contributed by atoms with E-state index in [1.807, 2.05) is 0 Å². The summed E-state index contributed by atoms with van der Waals surface area (Å²) in [6.07, 6.45) is 0. The molecule has 1 aromatic heterocycles. The van der Waals surface area contributed by atoms with Gasteiger partial charge in [0.2, 0.25) is 5.75 Å². The summed E-state index contributed by atoms with van der Waals surface area (Å²) >= 11 is 0. The average molecular weight is 252 g/mol. The van der Waals surface area contributed by atoms with E-state index < -0.39 is 5.63 Å². The fourth-order valence-electron chi connectivity index (χ4n) is 1.58. The molecule has 0 aliphatic heterocycles. The van der Waals surface area contributed by atoms with Gasteiger partial charge in [-0.2, -0.15) is 0 Å². The average Bonchev–Trinajstić information content (AvgIpc) is 2.37. The third kappa shape index (κ3) is 2.10. The molecule has 2 N–H and O–H groups in total. The lowest BCUT2D eigenvalue weighted by molar-refractivity contribution is 0.201. The first kappa shape index (κ1) is 12.3. The fraction of sp³-hybridized carbons (Fsp3) is 0.250. The molecule has 6 nitrogen and oxygen atoms in total. The number of methoxy groups -OCH3 is 1. The second-order valence-corrected chi connectivity index (χ2v) is 3.50. The van der Waals surface area contributed by atoms with E-state index in [9.17, 15) is 9.90 Å². The maximum Gasteiger partial charge on any atom is 0.383 e. The molecule has 18 heavy (non-hydrogen) atoms. The normalized spacial score (nSPS) is 10.6. The first-order chi connectivity index (χ1) is 8.67. The van der Waals surface area contributed by atoms with Crippen molar-refractivity contribution < 1.29 is 24.1 Å². The molecule has 0 atom stereocenters. The molecule has 0 spiro atoms. The Morgan fingerprint density at radius 2 is 2.17 bits per heavy atom. The summed E-state index contributed by atoms with van der Waals surface area (Å²) in [6, 6.07) is 4.58. The number of hydrogen-bond acceptors (Lipinski definition) is 6. The predicted molar refractivity (Wildman–Crippen MR) is 63.3 cm³/mol. The number of aliphatic hydroxyl groups excluding tert-OH is 1. The highest BCUT2D eigenvalue weighted by atomic mass is 16.5. The molecule has 2 rings (SSSR count). The molecule has 0 saturated carbocycles. The van der Waals surface area contributed by atoms with Crippen LogP contribution in [0.1, 0.15) is 0 Å². The third-order valence-corrected chi connectivity index (χ3v) is 2.37. The van der Waals surface area contributed by atoms with E-state index in [1.165, 1.54) is 19.2 Å².